The second-order valence-electron chi connectivity index (χ2n) is 18.2. The fourth-order valence-electron chi connectivity index (χ4n) is 10.9. The minimum atomic E-state index is -0.0713. The molecule has 0 atom stereocenters. The van der Waals surface area contributed by atoms with Crippen molar-refractivity contribution in [2.24, 2.45) is 0 Å². The summed E-state index contributed by atoms with van der Waals surface area (Å²) in [6.07, 6.45) is 0. The van der Waals surface area contributed by atoms with Gasteiger partial charge in [-0.1, -0.05) is 172 Å². The lowest BCUT2D eigenvalue weighted by Crippen LogP contribution is -2.14. The van der Waals surface area contributed by atoms with Gasteiger partial charge < -0.3 is 9.13 Å². The Balaban J connectivity index is 1.04. The Morgan fingerprint density at radius 2 is 0.738 bits per heavy atom. The summed E-state index contributed by atoms with van der Waals surface area (Å²) in [5, 5.41) is 4.96. The molecule has 0 saturated heterocycles. The van der Waals surface area contributed by atoms with Crippen LogP contribution in [0.4, 0.5) is 0 Å². The number of hydrogen-bond acceptors (Lipinski definition) is 0. The summed E-state index contributed by atoms with van der Waals surface area (Å²) in [4.78, 5) is 0. The number of aromatic nitrogens is 2. The number of para-hydroxylation sites is 2. The van der Waals surface area contributed by atoms with E-state index < -0.39 is 0 Å². The Morgan fingerprint density at radius 3 is 1.42 bits per heavy atom. The summed E-state index contributed by atoms with van der Waals surface area (Å²) >= 11 is 0. The van der Waals surface area contributed by atoms with Crippen molar-refractivity contribution < 1.29 is 0 Å². The van der Waals surface area contributed by atoms with E-state index in [1.165, 1.54) is 110 Å². The number of nitrogens with zero attached hydrogens (tertiary/aromatic N) is 2. The van der Waals surface area contributed by atoms with Gasteiger partial charge in [-0.05, 0) is 140 Å². The van der Waals surface area contributed by atoms with E-state index in [1.54, 1.807) is 0 Å². The van der Waals surface area contributed by atoms with Gasteiger partial charge in [0.1, 0.15) is 0 Å². The lowest BCUT2D eigenvalue weighted by Gasteiger charge is -2.22. The molecule has 2 nitrogen and oxygen atoms in total. The maximum atomic E-state index is 2.50. The highest BCUT2D eigenvalue weighted by atomic mass is 15.0. The molecule has 0 fully saturated rings. The second-order valence-corrected chi connectivity index (χ2v) is 18.2. The zero-order chi connectivity index (χ0) is 43.2. The minimum Gasteiger partial charge on any atom is -0.309 e. The van der Waals surface area contributed by atoms with Crippen molar-refractivity contribution in [3.63, 3.8) is 0 Å². The van der Waals surface area contributed by atoms with Gasteiger partial charge in [0.2, 0.25) is 0 Å². The van der Waals surface area contributed by atoms with Gasteiger partial charge in [-0.3, -0.25) is 0 Å². The molecule has 0 bridgehead atoms. The highest BCUT2D eigenvalue weighted by molar-refractivity contribution is 6.13. The standard InChI is InChI=1S/C63H44N2/c1-63(2)57-24-14-12-22-51(57)52-30-26-45(39-58(52)63)43-28-33-61-56(37-43)54-31-27-46(44-29-32-60-55(38-44)53-23-13-15-25-59(53)64(60)49-20-10-5-11-21-49)40-62(54)65(61)50-35-47(41-16-6-3-7-17-41)34-48(36-50)42-18-8-4-9-19-42/h3-40H,1-2H3. The van der Waals surface area contributed by atoms with Crippen molar-refractivity contribution in [2.45, 2.75) is 19.3 Å². The van der Waals surface area contributed by atoms with Crippen molar-refractivity contribution in [3.8, 4) is 67.0 Å². The largest absolute Gasteiger partial charge is 0.309 e. The predicted molar refractivity (Wildman–Crippen MR) is 274 cm³/mol. The Kier molecular flexibility index (Phi) is 8.29. The molecule has 0 aliphatic heterocycles. The Hall–Kier alpha value is -8.20. The van der Waals surface area contributed by atoms with E-state index in [9.17, 15) is 0 Å². The average Bonchev–Trinajstić information content (AvgIpc) is 3.96. The van der Waals surface area contributed by atoms with Crippen LogP contribution in [0.15, 0.2) is 231 Å². The summed E-state index contributed by atoms with van der Waals surface area (Å²) in [7, 11) is 0. The molecule has 2 heteroatoms. The summed E-state index contributed by atoms with van der Waals surface area (Å²) in [6, 6.07) is 85.3. The van der Waals surface area contributed by atoms with Crippen molar-refractivity contribution in [2.75, 3.05) is 0 Å². The van der Waals surface area contributed by atoms with Crippen LogP contribution in [0.3, 0.4) is 0 Å². The van der Waals surface area contributed by atoms with Crippen LogP contribution < -0.4 is 0 Å². The van der Waals surface area contributed by atoms with E-state index in [1.807, 2.05) is 0 Å². The van der Waals surface area contributed by atoms with Gasteiger partial charge in [-0.2, -0.15) is 0 Å². The lowest BCUT2D eigenvalue weighted by molar-refractivity contribution is 0.660. The molecule has 306 valence electrons. The molecule has 0 N–H and O–H groups in total. The molecular formula is C63H44N2. The smallest absolute Gasteiger partial charge is 0.0547 e. The van der Waals surface area contributed by atoms with Crippen LogP contribution >= 0.6 is 0 Å². The van der Waals surface area contributed by atoms with Crippen LogP contribution in [0, 0.1) is 0 Å². The summed E-state index contributed by atoms with van der Waals surface area (Å²) in [6.45, 7) is 4.73. The Bertz CT molecular complexity index is 3770. The van der Waals surface area contributed by atoms with Gasteiger partial charge in [0, 0.05) is 38.3 Å². The van der Waals surface area contributed by atoms with Crippen LogP contribution in [0.5, 0.6) is 0 Å². The minimum absolute atomic E-state index is 0.0713. The maximum absolute atomic E-state index is 2.50. The molecule has 0 amide bonds. The molecule has 65 heavy (non-hydrogen) atoms. The average molecular weight is 829 g/mol. The number of hydrogen-bond donors (Lipinski definition) is 0. The van der Waals surface area contributed by atoms with Gasteiger partial charge in [-0.25, -0.2) is 0 Å². The van der Waals surface area contributed by atoms with Crippen LogP contribution in [0.2, 0.25) is 0 Å². The second kappa shape index (κ2) is 14.4. The van der Waals surface area contributed by atoms with Crippen LogP contribution in [-0.4, -0.2) is 9.13 Å². The van der Waals surface area contributed by atoms with E-state index in [4.69, 9.17) is 0 Å². The van der Waals surface area contributed by atoms with Crippen molar-refractivity contribution >= 4 is 43.6 Å². The van der Waals surface area contributed by atoms with E-state index in [2.05, 4.69) is 254 Å². The molecule has 0 saturated carbocycles. The van der Waals surface area contributed by atoms with Crippen LogP contribution in [0.25, 0.3) is 111 Å². The lowest BCUT2D eigenvalue weighted by atomic mass is 9.81. The van der Waals surface area contributed by atoms with E-state index in [0.717, 1.165) is 11.4 Å². The number of fused-ring (bicyclic) bond motifs is 9. The van der Waals surface area contributed by atoms with Crippen molar-refractivity contribution in [1.29, 1.82) is 0 Å². The van der Waals surface area contributed by atoms with Gasteiger partial charge in [0.25, 0.3) is 0 Å². The molecule has 1 aliphatic rings. The molecule has 1 aliphatic carbocycles. The Morgan fingerprint density at radius 1 is 0.262 bits per heavy atom. The molecular weight excluding hydrogens is 785 g/mol. The molecule has 13 rings (SSSR count). The SMILES string of the molecule is CC1(C)c2ccccc2-c2ccc(-c3ccc4c(c3)c3ccc(-c5ccc6c(c5)c5ccccc5n6-c5ccccc5)cc3n4-c3cc(-c4ccccc4)cc(-c4ccccc4)c3)cc21. The van der Waals surface area contributed by atoms with Crippen molar-refractivity contribution in [3.05, 3.63) is 242 Å². The van der Waals surface area contributed by atoms with E-state index in [0.29, 0.717) is 0 Å². The zero-order valence-electron chi connectivity index (χ0n) is 36.3. The first kappa shape index (κ1) is 37.4. The first-order valence-corrected chi connectivity index (χ1v) is 22.7. The van der Waals surface area contributed by atoms with Crippen molar-refractivity contribution in [1.82, 2.24) is 9.13 Å². The highest BCUT2D eigenvalue weighted by Gasteiger charge is 2.35. The number of rotatable bonds is 6. The predicted octanol–water partition coefficient (Wildman–Crippen LogP) is 16.9. The van der Waals surface area contributed by atoms with Gasteiger partial charge in [0.15, 0.2) is 0 Å². The fraction of sp³-hybridized carbons (Fsp3) is 0.0476. The fourth-order valence-corrected chi connectivity index (χ4v) is 10.9. The summed E-state index contributed by atoms with van der Waals surface area (Å²) in [5.74, 6) is 0. The van der Waals surface area contributed by atoms with E-state index in [-0.39, 0.29) is 5.41 Å². The highest BCUT2D eigenvalue weighted by Crippen LogP contribution is 2.50. The molecule has 0 spiro atoms. The van der Waals surface area contributed by atoms with Crippen LogP contribution in [0.1, 0.15) is 25.0 Å². The molecule has 12 aromatic rings. The quantitative estimate of drug-likeness (QED) is 0.158. The third-order valence-electron chi connectivity index (χ3n) is 14.1. The Labute approximate surface area is 378 Å². The molecule has 10 aromatic carbocycles. The first-order chi connectivity index (χ1) is 32.0. The maximum Gasteiger partial charge on any atom is 0.0547 e. The van der Waals surface area contributed by atoms with Crippen LogP contribution in [-0.2, 0) is 5.41 Å². The number of benzene rings is 10. The van der Waals surface area contributed by atoms with E-state index >= 15 is 0 Å². The third-order valence-corrected chi connectivity index (χ3v) is 14.1. The van der Waals surface area contributed by atoms with Gasteiger partial charge in [-0.15, -0.1) is 0 Å². The first-order valence-electron chi connectivity index (χ1n) is 22.7. The molecule has 0 radical (unpaired) electrons. The third kappa shape index (κ3) is 5.88. The molecule has 2 heterocycles. The monoisotopic (exact) mass is 828 g/mol. The summed E-state index contributed by atoms with van der Waals surface area (Å²) in [5.41, 5.74) is 22.1. The van der Waals surface area contributed by atoms with Gasteiger partial charge in [0.05, 0.1) is 22.1 Å². The molecule has 2 aromatic heterocycles. The zero-order valence-corrected chi connectivity index (χ0v) is 36.3. The van der Waals surface area contributed by atoms with Gasteiger partial charge >= 0.3 is 0 Å². The molecule has 0 unspecified atom stereocenters. The topological polar surface area (TPSA) is 9.86 Å². The summed E-state index contributed by atoms with van der Waals surface area (Å²) < 4.78 is 4.89. The normalized spacial score (nSPS) is 12.9.